The molecule has 0 spiro atoms. The molecule has 0 bridgehead atoms. The van der Waals surface area contributed by atoms with Gasteiger partial charge in [-0.25, -0.2) is 0 Å². The molecule has 3 nitrogen and oxygen atoms in total. The number of hydrogen-bond acceptors (Lipinski definition) is 2. The average Bonchev–Trinajstić information content (AvgIpc) is 2.91. The molecular weight excluding hydrogens is 269 g/mol. The lowest BCUT2D eigenvalue weighted by Gasteiger charge is -2.14. The summed E-state index contributed by atoms with van der Waals surface area (Å²) in [5.41, 5.74) is -1.21. The minimum absolute atomic E-state index is 0.320. The fourth-order valence-electron chi connectivity index (χ4n) is 2.39. The molecular formula is C14H17F3N2O. The van der Waals surface area contributed by atoms with Gasteiger partial charge in [0.1, 0.15) is 0 Å². The van der Waals surface area contributed by atoms with E-state index in [0.29, 0.717) is 12.6 Å². The van der Waals surface area contributed by atoms with E-state index in [1.807, 2.05) is 0 Å². The Morgan fingerprint density at radius 1 is 1.35 bits per heavy atom. The Balaban J connectivity index is 1.95. The van der Waals surface area contributed by atoms with Crippen LogP contribution in [0.4, 0.5) is 13.2 Å². The molecule has 1 heterocycles. The second-order valence-corrected chi connectivity index (χ2v) is 4.88. The van der Waals surface area contributed by atoms with Crippen LogP contribution in [0.15, 0.2) is 24.3 Å². The number of amides is 1. The van der Waals surface area contributed by atoms with Crippen LogP contribution in [0.2, 0.25) is 0 Å². The molecule has 110 valence electrons. The van der Waals surface area contributed by atoms with E-state index in [4.69, 9.17) is 0 Å². The maximum atomic E-state index is 12.8. The summed E-state index contributed by atoms with van der Waals surface area (Å²) in [6.07, 6.45) is -1.62. The maximum absolute atomic E-state index is 12.8. The number of hydrogen-bond donors (Lipinski definition) is 2. The van der Waals surface area contributed by atoms with Crippen LogP contribution in [0.5, 0.6) is 0 Å². The normalized spacial score (nSPS) is 19.1. The highest BCUT2D eigenvalue weighted by molar-refractivity contribution is 5.95. The van der Waals surface area contributed by atoms with Crippen LogP contribution in [0, 0.1) is 0 Å². The van der Waals surface area contributed by atoms with E-state index in [2.05, 4.69) is 10.6 Å². The van der Waals surface area contributed by atoms with Crippen LogP contribution >= 0.6 is 0 Å². The molecule has 20 heavy (non-hydrogen) atoms. The third-order valence-corrected chi connectivity index (χ3v) is 3.42. The number of halogens is 3. The molecule has 2 N–H and O–H groups in total. The van der Waals surface area contributed by atoms with Crippen molar-refractivity contribution in [3.63, 3.8) is 0 Å². The molecule has 1 aliphatic heterocycles. The van der Waals surface area contributed by atoms with Gasteiger partial charge in [0.15, 0.2) is 0 Å². The molecule has 1 amide bonds. The van der Waals surface area contributed by atoms with Crippen LogP contribution in [0.25, 0.3) is 0 Å². The molecule has 0 radical (unpaired) electrons. The molecule has 1 aliphatic rings. The van der Waals surface area contributed by atoms with Crippen LogP contribution in [0.1, 0.15) is 35.2 Å². The zero-order valence-corrected chi connectivity index (χ0v) is 11.0. The third kappa shape index (κ3) is 3.72. The Morgan fingerprint density at radius 3 is 2.75 bits per heavy atom. The molecule has 1 aromatic rings. The van der Waals surface area contributed by atoms with E-state index in [1.54, 1.807) is 0 Å². The fourth-order valence-corrected chi connectivity index (χ4v) is 2.39. The minimum Gasteiger partial charge on any atom is -0.352 e. The van der Waals surface area contributed by atoms with Gasteiger partial charge in [-0.05, 0) is 37.9 Å². The Kier molecular flexibility index (Phi) is 4.65. The monoisotopic (exact) mass is 286 g/mol. The zero-order valence-electron chi connectivity index (χ0n) is 11.0. The number of carbonyl (C=O) groups excluding carboxylic acids is 1. The van der Waals surface area contributed by atoms with Crippen molar-refractivity contribution in [2.24, 2.45) is 0 Å². The second-order valence-electron chi connectivity index (χ2n) is 4.88. The standard InChI is InChI=1S/C14H17F3N2O/c15-14(16,17)12-6-2-1-5-11(12)13(20)19-9-7-10-4-3-8-18-10/h1-2,5-6,10,18H,3-4,7-9H2,(H,19,20)/t10-/m1/s1. The summed E-state index contributed by atoms with van der Waals surface area (Å²) in [5, 5.41) is 5.83. The SMILES string of the molecule is O=C(NCC[C@H]1CCCN1)c1ccccc1C(F)(F)F. The van der Waals surface area contributed by atoms with Crippen molar-refractivity contribution < 1.29 is 18.0 Å². The molecule has 0 aliphatic carbocycles. The lowest BCUT2D eigenvalue weighted by atomic mass is 10.1. The summed E-state index contributed by atoms with van der Waals surface area (Å²) < 4.78 is 38.4. The highest BCUT2D eigenvalue weighted by Crippen LogP contribution is 2.31. The predicted molar refractivity (Wildman–Crippen MR) is 69.4 cm³/mol. The Bertz CT molecular complexity index is 468. The van der Waals surface area contributed by atoms with Crippen molar-refractivity contribution in [2.45, 2.75) is 31.5 Å². The maximum Gasteiger partial charge on any atom is 0.417 e. The predicted octanol–water partition coefficient (Wildman–Crippen LogP) is 2.58. The lowest BCUT2D eigenvalue weighted by molar-refractivity contribution is -0.137. The van der Waals surface area contributed by atoms with E-state index in [1.165, 1.54) is 18.2 Å². The summed E-state index contributed by atoms with van der Waals surface area (Å²) in [6.45, 7) is 1.35. The van der Waals surface area contributed by atoms with E-state index in [9.17, 15) is 18.0 Å². The summed E-state index contributed by atoms with van der Waals surface area (Å²) >= 11 is 0. The van der Waals surface area contributed by atoms with Gasteiger partial charge in [0.05, 0.1) is 11.1 Å². The summed E-state index contributed by atoms with van der Waals surface area (Å²) in [6, 6.07) is 5.19. The van der Waals surface area contributed by atoms with Gasteiger partial charge in [-0.2, -0.15) is 13.2 Å². The topological polar surface area (TPSA) is 41.1 Å². The largest absolute Gasteiger partial charge is 0.417 e. The van der Waals surface area contributed by atoms with Crippen molar-refractivity contribution in [2.75, 3.05) is 13.1 Å². The van der Waals surface area contributed by atoms with Crippen molar-refractivity contribution >= 4 is 5.91 Å². The van der Waals surface area contributed by atoms with Crippen LogP contribution in [-0.4, -0.2) is 25.0 Å². The Labute approximate surface area is 115 Å². The molecule has 0 saturated carbocycles. The molecule has 1 fully saturated rings. The number of alkyl halides is 3. The lowest BCUT2D eigenvalue weighted by Crippen LogP contribution is -2.31. The summed E-state index contributed by atoms with van der Waals surface area (Å²) in [4.78, 5) is 11.9. The first-order chi connectivity index (χ1) is 9.48. The van der Waals surface area contributed by atoms with E-state index >= 15 is 0 Å². The molecule has 0 unspecified atom stereocenters. The number of nitrogens with one attached hydrogen (secondary N) is 2. The van der Waals surface area contributed by atoms with Gasteiger partial charge in [-0.15, -0.1) is 0 Å². The quantitative estimate of drug-likeness (QED) is 0.893. The van der Waals surface area contributed by atoms with Crippen molar-refractivity contribution in [1.29, 1.82) is 0 Å². The van der Waals surface area contributed by atoms with Gasteiger partial charge in [0, 0.05) is 12.6 Å². The van der Waals surface area contributed by atoms with E-state index in [-0.39, 0.29) is 5.56 Å². The van der Waals surface area contributed by atoms with Crippen LogP contribution in [0.3, 0.4) is 0 Å². The summed E-state index contributed by atoms with van der Waals surface area (Å²) in [7, 11) is 0. The number of rotatable bonds is 4. The zero-order chi connectivity index (χ0) is 14.6. The summed E-state index contributed by atoms with van der Waals surface area (Å²) in [5.74, 6) is -0.670. The minimum atomic E-state index is -4.51. The van der Waals surface area contributed by atoms with Crippen molar-refractivity contribution in [1.82, 2.24) is 10.6 Å². The highest BCUT2D eigenvalue weighted by Gasteiger charge is 2.34. The first-order valence-electron chi connectivity index (χ1n) is 6.66. The number of carbonyl (C=O) groups is 1. The van der Waals surface area contributed by atoms with E-state index < -0.39 is 17.6 Å². The third-order valence-electron chi connectivity index (χ3n) is 3.42. The molecule has 0 aromatic heterocycles. The molecule has 2 rings (SSSR count). The first kappa shape index (κ1) is 14.8. The molecule has 1 atom stereocenters. The van der Waals surface area contributed by atoms with Crippen LogP contribution in [-0.2, 0) is 6.18 Å². The van der Waals surface area contributed by atoms with Gasteiger partial charge in [-0.1, -0.05) is 12.1 Å². The Morgan fingerprint density at radius 2 is 2.10 bits per heavy atom. The molecule has 1 saturated heterocycles. The second kappa shape index (κ2) is 6.26. The van der Waals surface area contributed by atoms with Crippen molar-refractivity contribution in [3.8, 4) is 0 Å². The Hall–Kier alpha value is -1.56. The van der Waals surface area contributed by atoms with Gasteiger partial charge in [0.2, 0.25) is 0 Å². The van der Waals surface area contributed by atoms with Gasteiger partial charge in [0.25, 0.3) is 5.91 Å². The first-order valence-corrected chi connectivity index (χ1v) is 6.66. The smallest absolute Gasteiger partial charge is 0.352 e. The number of benzene rings is 1. The van der Waals surface area contributed by atoms with Crippen LogP contribution < -0.4 is 10.6 Å². The van der Waals surface area contributed by atoms with Gasteiger partial charge in [-0.3, -0.25) is 4.79 Å². The van der Waals surface area contributed by atoms with Gasteiger partial charge >= 0.3 is 6.18 Å². The van der Waals surface area contributed by atoms with Crippen molar-refractivity contribution in [3.05, 3.63) is 35.4 Å². The van der Waals surface area contributed by atoms with Gasteiger partial charge < -0.3 is 10.6 Å². The molecule has 1 aromatic carbocycles. The fraction of sp³-hybridized carbons (Fsp3) is 0.500. The van der Waals surface area contributed by atoms with E-state index in [0.717, 1.165) is 31.9 Å². The average molecular weight is 286 g/mol. The highest BCUT2D eigenvalue weighted by atomic mass is 19.4. The molecule has 6 heteroatoms.